The van der Waals surface area contributed by atoms with Gasteiger partial charge in [-0.2, -0.15) is 0 Å². The van der Waals surface area contributed by atoms with Crippen molar-refractivity contribution in [3.8, 4) is 0 Å². The number of nitrogens with two attached hydrogens (primary N) is 1. The predicted octanol–water partition coefficient (Wildman–Crippen LogP) is -0.164. The average molecular weight is 1150 g/mol. The van der Waals surface area contributed by atoms with Gasteiger partial charge in [0.05, 0.1) is 12.5 Å². The van der Waals surface area contributed by atoms with Gasteiger partial charge in [0, 0.05) is 66.6 Å². The molecule has 4 fully saturated rings. The van der Waals surface area contributed by atoms with Gasteiger partial charge in [-0.3, -0.25) is 38.4 Å². The molecule has 4 aliphatic rings. The third kappa shape index (κ3) is 17.3. The van der Waals surface area contributed by atoms with Crippen LogP contribution in [0.3, 0.4) is 0 Å². The molecule has 1 unspecified atom stereocenters. The summed E-state index contributed by atoms with van der Waals surface area (Å²) >= 11 is 0. The van der Waals surface area contributed by atoms with Crippen molar-refractivity contribution < 1.29 is 96.9 Å². The average Bonchev–Trinajstić information content (AvgIpc) is 3.90. The molecule has 5 rings (SSSR count). The van der Waals surface area contributed by atoms with Crippen molar-refractivity contribution in [1.29, 1.82) is 0 Å². The molecule has 19 atom stereocenters. The summed E-state index contributed by atoms with van der Waals surface area (Å²) in [5, 5.41) is 55.2. The number of hydrogen-bond acceptors (Lipinski definition) is 23. The van der Waals surface area contributed by atoms with Crippen LogP contribution >= 0.6 is 0 Å². The van der Waals surface area contributed by atoms with Gasteiger partial charge >= 0.3 is 29.6 Å². The maximum atomic E-state index is 14.7. The number of aliphatic hydroxyl groups excluding tert-OH is 4. The number of aliphatic hydroxyl groups is 4. The highest BCUT2D eigenvalue weighted by molar-refractivity contribution is 5.88. The van der Waals surface area contributed by atoms with E-state index in [2.05, 4.69) is 6.92 Å². The minimum absolute atomic E-state index is 0.214. The number of hydrogen-bond donors (Lipinski definition) is 7. The van der Waals surface area contributed by atoms with Crippen LogP contribution < -0.4 is 17.0 Å². The van der Waals surface area contributed by atoms with E-state index in [1.54, 1.807) is 13.8 Å². The lowest BCUT2D eigenvalue weighted by Gasteiger charge is -2.43. The summed E-state index contributed by atoms with van der Waals surface area (Å²) in [4.78, 5) is 97.6. The number of aromatic nitrogens is 2. The van der Waals surface area contributed by atoms with Gasteiger partial charge in [0.15, 0.2) is 18.6 Å². The molecule has 1 aromatic rings. The molecular weight excluding hydrogens is 1060 g/mol. The molecule has 4 aliphatic heterocycles. The summed E-state index contributed by atoms with van der Waals surface area (Å²) in [7, 11) is 6.88. The van der Waals surface area contributed by atoms with Crippen LogP contribution in [0.1, 0.15) is 123 Å². The van der Waals surface area contributed by atoms with E-state index < -0.39 is 170 Å². The van der Waals surface area contributed by atoms with Gasteiger partial charge in [-0.25, -0.2) is 9.59 Å². The number of H-pyrrole nitrogens is 1. The number of carbonyl (C=O) groups excluding carboxylic acids is 4. The van der Waals surface area contributed by atoms with Crippen LogP contribution in [0.2, 0.25) is 0 Å². The van der Waals surface area contributed by atoms with Crippen LogP contribution in [-0.4, -0.2) is 227 Å². The number of likely N-dealkylation sites (N-methyl/N-ethyl adjacent to an activating group) is 2. The van der Waals surface area contributed by atoms with Crippen molar-refractivity contribution in [2.75, 3.05) is 48.5 Å². The summed E-state index contributed by atoms with van der Waals surface area (Å²) in [6.07, 6.45) is -10.1. The molecule has 0 radical (unpaired) electrons. The SMILES string of the molecule is CCCCCCCCCCCCC[C@@H](CC(=O)O[C@H]1CN(C)[C@@H](C(O[C@@H]2O[C@H](CN)[C@@H](O)[C@H]2O)[C@H]2O[C@@H](n3ccc(=O)[nH]c3=O)[C@H](O)[C@@H]2O)C(=O)N(C)[C@@H]1C(=O)O)OC(=O)C[C@H](C)CC(=O)O[C@@H]1O[C@H](C)[C@@H](OC)[C@@H](OC)[C@H]1OC. The van der Waals surface area contributed by atoms with E-state index in [1.807, 2.05) is 4.98 Å². The highest BCUT2D eigenvalue weighted by atomic mass is 16.7. The standard InChI is InChI=1S/C53H87N5O22/c1-9-10-11-12-13-14-15-16-17-18-19-20-30(75-34(60)23-28(2)24-35(61)78-52-47(73-8)46(72-7)43(71-6)29(3)74-52)25-36(62)76-32-27-56(4)38(48(67)57(5)37(32)50(68)69)44(80-51-42(66)39(63)31(26-54)77-51)45-40(64)41(65)49(79-45)58-22-21-33(59)55-53(58)70/h21-22,28-32,37-47,49,51-52,63-66H,9-20,23-27,54H2,1-8H3,(H,68,69)(H,55,59,70)/t28-,29+,30-,31+,32-,37-,38-,39+,40-,41+,42+,43+,44?,45-,46+,47+,49+,51-,52-/m0/s1. The largest absolute Gasteiger partial charge is 0.480 e. The zero-order valence-corrected chi connectivity index (χ0v) is 47.2. The minimum Gasteiger partial charge on any atom is -0.480 e. The number of methoxy groups -OCH3 is 3. The monoisotopic (exact) mass is 1150 g/mol. The molecule has 0 aromatic carbocycles. The maximum absolute atomic E-state index is 14.7. The first kappa shape index (κ1) is 66.3. The number of aliphatic carboxylic acids is 1. The molecule has 456 valence electrons. The molecule has 8 N–H and O–H groups in total. The first-order valence-corrected chi connectivity index (χ1v) is 27.8. The highest BCUT2D eigenvalue weighted by Gasteiger charge is 2.57. The van der Waals surface area contributed by atoms with E-state index in [0.29, 0.717) is 6.42 Å². The number of carboxylic acids is 1. The van der Waals surface area contributed by atoms with Gasteiger partial charge in [-0.15, -0.1) is 0 Å². The van der Waals surface area contributed by atoms with Gasteiger partial charge in [0.2, 0.25) is 12.2 Å². The molecule has 27 heteroatoms. The van der Waals surface area contributed by atoms with E-state index in [0.717, 1.165) is 60.9 Å². The Morgan fingerprint density at radius 1 is 0.750 bits per heavy atom. The van der Waals surface area contributed by atoms with Crippen molar-refractivity contribution in [3.63, 3.8) is 0 Å². The lowest BCUT2D eigenvalue weighted by Crippen LogP contribution is -2.59. The molecule has 0 saturated carbocycles. The van der Waals surface area contributed by atoms with Crippen molar-refractivity contribution in [3.05, 3.63) is 33.1 Å². The van der Waals surface area contributed by atoms with Crippen molar-refractivity contribution in [2.45, 2.75) is 227 Å². The number of carboxylic acid groups (broad SMARTS) is 1. The van der Waals surface area contributed by atoms with Crippen LogP contribution in [0.15, 0.2) is 21.9 Å². The molecule has 0 aliphatic carbocycles. The smallest absolute Gasteiger partial charge is 0.330 e. The summed E-state index contributed by atoms with van der Waals surface area (Å²) in [6.45, 7) is 4.78. The number of esters is 3. The van der Waals surface area contributed by atoms with Crippen LogP contribution in [0, 0.1) is 5.92 Å². The maximum Gasteiger partial charge on any atom is 0.330 e. The van der Waals surface area contributed by atoms with Crippen molar-refractivity contribution in [2.24, 2.45) is 11.7 Å². The van der Waals surface area contributed by atoms with Crippen LogP contribution in [-0.2, 0) is 71.3 Å². The van der Waals surface area contributed by atoms with E-state index in [9.17, 15) is 59.1 Å². The fourth-order valence-corrected chi connectivity index (χ4v) is 11.0. The van der Waals surface area contributed by atoms with Gasteiger partial charge < -0.3 is 83.5 Å². The molecule has 80 heavy (non-hydrogen) atoms. The number of aromatic amines is 1. The quantitative estimate of drug-likeness (QED) is 0.0288. The zero-order valence-electron chi connectivity index (χ0n) is 47.2. The molecule has 1 aromatic heterocycles. The van der Waals surface area contributed by atoms with E-state index in [-0.39, 0.29) is 25.8 Å². The van der Waals surface area contributed by atoms with Crippen LogP contribution in [0.5, 0.6) is 0 Å². The van der Waals surface area contributed by atoms with Gasteiger partial charge in [-0.1, -0.05) is 78.1 Å². The zero-order chi connectivity index (χ0) is 59.0. The minimum atomic E-state index is -1.97. The first-order chi connectivity index (χ1) is 38.1. The van der Waals surface area contributed by atoms with Crippen LogP contribution in [0.4, 0.5) is 0 Å². The van der Waals surface area contributed by atoms with Crippen molar-refractivity contribution >= 4 is 29.8 Å². The highest BCUT2D eigenvalue weighted by Crippen LogP contribution is 2.37. The molecule has 0 spiro atoms. The fraction of sp³-hybridized carbons (Fsp3) is 0.830. The topological polar surface area (TPSA) is 366 Å². The lowest BCUT2D eigenvalue weighted by atomic mass is 9.97. The third-order valence-corrected chi connectivity index (χ3v) is 15.4. The Morgan fingerprint density at radius 2 is 1.35 bits per heavy atom. The molecule has 4 saturated heterocycles. The number of carbonyl (C=O) groups is 5. The third-order valence-electron chi connectivity index (χ3n) is 15.4. The second-order valence-electron chi connectivity index (χ2n) is 21.4. The van der Waals surface area contributed by atoms with Gasteiger partial charge in [-0.05, 0) is 32.7 Å². The number of rotatable bonds is 31. The Balaban J connectivity index is 1.32. The Hall–Kier alpha value is -4.49. The summed E-state index contributed by atoms with van der Waals surface area (Å²) in [5.74, 6) is -5.57. The second-order valence-corrected chi connectivity index (χ2v) is 21.4. The van der Waals surface area contributed by atoms with E-state index >= 15 is 0 Å². The first-order valence-electron chi connectivity index (χ1n) is 27.8. The molecule has 0 bridgehead atoms. The van der Waals surface area contributed by atoms with Gasteiger partial charge in [0.1, 0.15) is 79.3 Å². The Labute approximate surface area is 465 Å². The summed E-state index contributed by atoms with van der Waals surface area (Å²) in [5.41, 5.74) is 3.95. The summed E-state index contributed by atoms with van der Waals surface area (Å²) < 4.78 is 58.8. The number of nitrogens with one attached hydrogen (secondary N) is 1. The Bertz CT molecular complexity index is 2260. The molecule has 27 nitrogen and oxygen atoms in total. The molecule has 5 heterocycles. The Morgan fingerprint density at radius 3 is 1.93 bits per heavy atom. The van der Waals surface area contributed by atoms with E-state index in [4.69, 9.17) is 53.1 Å². The summed E-state index contributed by atoms with van der Waals surface area (Å²) in [6, 6.07) is -2.60. The molecular formula is C53H87N5O22. The van der Waals surface area contributed by atoms with Crippen LogP contribution in [0.25, 0.3) is 0 Å². The number of unbranched alkanes of at least 4 members (excludes halogenated alkanes) is 10. The normalized spacial score (nSPS) is 32.3. The number of amides is 1. The fourth-order valence-electron chi connectivity index (χ4n) is 11.0. The second kappa shape index (κ2) is 31.8. The number of ether oxygens (including phenoxy) is 10. The lowest BCUT2D eigenvalue weighted by molar-refractivity contribution is -0.297. The molecule has 1 amide bonds. The van der Waals surface area contributed by atoms with Crippen molar-refractivity contribution in [1.82, 2.24) is 19.4 Å². The Kier molecular flexibility index (Phi) is 26.4. The van der Waals surface area contributed by atoms with Gasteiger partial charge in [0.25, 0.3) is 5.56 Å². The van der Waals surface area contributed by atoms with E-state index in [1.165, 1.54) is 65.4 Å². The predicted molar refractivity (Wildman–Crippen MR) is 279 cm³/mol. The number of nitrogens with zero attached hydrogens (tertiary/aromatic N) is 3.